The molecular weight excluding hydrogens is 358 g/mol. The van der Waals surface area contributed by atoms with E-state index >= 15 is 0 Å². The number of para-hydroxylation sites is 1. The zero-order chi connectivity index (χ0) is 19.7. The standard InChI is InChI=1S/C20H25N5O3/c1-13(18(26)23-14-6-7-14)22-20(28)25-10-8-24(9-11-25)19(27)16-12-21-17-5-3-2-4-15(16)17/h2-5,12-14,21H,6-11H2,1H3,(H,22,28)(H,23,26)/t13-/m0/s1. The van der Waals surface area contributed by atoms with Crippen molar-refractivity contribution in [2.45, 2.75) is 31.8 Å². The maximum Gasteiger partial charge on any atom is 0.318 e. The molecular formula is C20H25N5O3. The summed E-state index contributed by atoms with van der Waals surface area (Å²) < 4.78 is 0. The van der Waals surface area contributed by atoms with Gasteiger partial charge in [0, 0.05) is 49.3 Å². The Hall–Kier alpha value is -3.03. The van der Waals surface area contributed by atoms with Crippen LogP contribution < -0.4 is 10.6 Å². The van der Waals surface area contributed by atoms with Crippen LogP contribution in [-0.2, 0) is 4.79 Å². The van der Waals surface area contributed by atoms with E-state index in [1.165, 1.54) is 0 Å². The second-order valence-electron chi connectivity index (χ2n) is 7.48. The molecule has 2 aliphatic rings. The van der Waals surface area contributed by atoms with E-state index in [9.17, 15) is 14.4 Å². The second kappa shape index (κ2) is 7.53. The van der Waals surface area contributed by atoms with Crippen molar-refractivity contribution in [3.05, 3.63) is 36.0 Å². The number of aromatic nitrogens is 1. The molecule has 0 unspecified atom stereocenters. The number of hydrogen-bond donors (Lipinski definition) is 3. The third kappa shape index (κ3) is 3.81. The van der Waals surface area contributed by atoms with E-state index in [0.29, 0.717) is 31.7 Å². The zero-order valence-corrected chi connectivity index (χ0v) is 15.9. The van der Waals surface area contributed by atoms with Crippen molar-refractivity contribution in [1.29, 1.82) is 0 Å². The highest BCUT2D eigenvalue weighted by molar-refractivity contribution is 6.06. The van der Waals surface area contributed by atoms with E-state index in [1.54, 1.807) is 22.9 Å². The molecule has 4 amide bonds. The maximum absolute atomic E-state index is 12.9. The van der Waals surface area contributed by atoms with Crippen LogP contribution in [0.15, 0.2) is 30.5 Å². The first-order valence-electron chi connectivity index (χ1n) is 9.74. The van der Waals surface area contributed by atoms with Gasteiger partial charge in [-0.25, -0.2) is 4.79 Å². The summed E-state index contributed by atoms with van der Waals surface area (Å²) in [6, 6.07) is 7.14. The number of rotatable bonds is 4. The van der Waals surface area contributed by atoms with Gasteiger partial charge in [0.15, 0.2) is 0 Å². The van der Waals surface area contributed by atoms with Crippen molar-refractivity contribution >= 4 is 28.7 Å². The van der Waals surface area contributed by atoms with Gasteiger partial charge in [-0.05, 0) is 25.8 Å². The van der Waals surface area contributed by atoms with E-state index in [0.717, 1.165) is 23.7 Å². The topological polar surface area (TPSA) is 97.5 Å². The summed E-state index contributed by atoms with van der Waals surface area (Å²) in [5.41, 5.74) is 1.58. The lowest BCUT2D eigenvalue weighted by atomic mass is 10.1. The molecule has 2 fully saturated rings. The van der Waals surface area contributed by atoms with Crippen LogP contribution in [0.4, 0.5) is 4.79 Å². The van der Waals surface area contributed by atoms with Gasteiger partial charge in [-0.2, -0.15) is 0 Å². The largest absolute Gasteiger partial charge is 0.360 e. The molecule has 0 spiro atoms. The first kappa shape index (κ1) is 18.3. The molecule has 1 atom stereocenters. The van der Waals surface area contributed by atoms with Gasteiger partial charge < -0.3 is 25.4 Å². The van der Waals surface area contributed by atoms with Crippen molar-refractivity contribution in [3.8, 4) is 0 Å². The van der Waals surface area contributed by atoms with Crippen molar-refractivity contribution in [3.63, 3.8) is 0 Å². The molecule has 2 aromatic rings. The number of fused-ring (bicyclic) bond motifs is 1. The first-order valence-corrected chi connectivity index (χ1v) is 9.74. The molecule has 1 saturated carbocycles. The molecule has 4 rings (SSSR count). The number of nitrogens with one attached hydrogen (secondary N) is 3. The third-order valence-electron chi connectivity index (χ3n) is 5.33. The molecule has 1 aliphatic heterocycles. The number of urea groups is 1. The van der Waals surface area contributed by atoms with Gasteiger partial charge in [-0.15, -0.1) is 0 Å². The van der Waals surface area contributed by atoms with Crippen LogP contribution in [-0.4, -0.2) is 70.9 Å². The molecule has 1 aromatic carbocycles. The van der Waals surface area contributed by atoms with Crippen molar-refractivity contribution < 1.29 is 14.4 Å². The fraction of sp³-hybridized carbons (Fsp3) is 0.450. The van der Waals surface area contributed by atoms with Crippen molar-refractivity contribution in [1.82, 2.24) is 25.4 Å². The quantitative estimate of drug-likeness (QED) is 0.742. The fourth-order valence-electron chi connectivity index (χ4n) is 3.43. The van der Waals surface area contributed by atoms with Gasteiger partial charge in [0.2, 0.25) is 5.91 Å². The van der Waals surface area contributed by atoms with Crippen LogP contribution >= 0.6 is 0 Å². The van der Waals surface area contributed by atoms with Gasteiger partial charge in [-0.3, -0.25) is 9.59 Å². The van der Waals surface area contributed by atoms with Crippen LogP contribution in [0.1, 0.15) is 30.1 Å². The van der Waals surface area contributed by atoms with Gasteiger partial charge >= 0.3 is 6.03 Å². The lowest BCUT2D eigenvalue weighted by molar-refractivity contribution is -0.122. The Morgan fingerprint density at radius 3 is 2.46 bits per heavy atom. The molecule has 28 heavy (non-hydrogen) atoms. The predicted octanol–water partition coefficient (Wildman–Crippen LogP) is 1.30. The second-order valence-corrected chi connectivity index (χ2v) is 7.48. The summed E-state index contributed by atoms with van der Waals surface area (Å²) in [5.74, 6) is -0.182. The van der Waals surface area contributed by atoms with E-state index < -0.39 is 6.04 Å². The SMILES string of the molecule is C[C@H](NC(=O)N1CCN(C(=O)c2c[nH]c3ccccc23)CC1)C(=O)NC1CC1. The van der Waals surface area contributed by atoms with Gasteiger partial charge in [0.1, 0.15) is 6.04 Å². The van der Waals surface area contributed by atoms with Gasteiger partial charge in [-0.1, -0.05) is 18.2 Å². The predicted molar refractivity (Wildman–Crippen MR) is 105 cm³/mol. The molecule has 1 aliphatic carbocycles. The summed E-state index contributed by atoms with van der Waals surface area (Å²) in [4.78, 5) is 43.8. The minimum absolute atomic E-state index is 0.0327. The minimum atomic E-state index is -0.570. The highest BCUT2D eigenvalue weighted by atomic mass is 16.2. The summed E-state index contributed by atoms with van der Waals surface area (Å²) in [5, 5.41) is 6.54. The number of nitrogens with zero attached hydrogens (tertiary/aromatic N) is 2. The van der Waals surface area contributed by atoms with Crippen molar-refractivity contribution in [2.24, 2.45) is 0 Å². The maximum atomic E-state index is 12.9. The van der Waals surface area contributed by atoms with Crippen molar-refractivity contribution in [2.75, 3.05) is 26.2 Å². The number of amides is 4. The summed E-state index contributed by atoms with van der Waals surface area (Å²) in [6.07, 6.45) is 3.77. The summed E-state index contributed by atoms with van der Waals surface area (Å²) in [6.45, 7) is 3.50. The lowest BCUT2D eigenvalue weighted by Crippen LogP contribution is -2.56. The Labute approximate surface area is 163 Å². The molecule has 2 heterocycles. The average Bonchev–Trinajstić information content (AvgIpc) is 3.42. The average molecular weight is 383 g/mol. The number of benzene rings is 1. The minimum Gasteiger partial charge on any atom is -0.360 e. The fourth-order valence-corrected chi connectivity index (χ4v) is 3.43. The monoisotopic (exact) mass is 383 g/mol. The Bertz CT molecular complexity index is 896. The number of aromatic amines is 1. The number of hydrogen-bond acceptors (Lipinski definition) is 3. The molecule has 148 valence electrons. The Balaban J connectivity index is 1.30. The Kier molecular flexibility index (Phi) is 4.93. The Morgan fingerprint density at radius 1 is 1.07 bits per heavy atom. The number of piperazine rings is 1. The molecule has 1 aromatic heterocycles. The van der Waals surface area contributed by atoms with E-state index in [-0.39, 0.29) is 23.9 Å². The lowest BCUT2D eigenvalue weighted by Gasteiger charge is -2.35. The van der Waals surface area contributed by atoms with Gasteiger partial charge in [0.05, 0.1) is 5.56 Å². The number of H-pyrrole nitrogens is 1. The number of carbonyl (C=O) groups is 3. The van der Waals surface area contributed by atoms with Crippen LogP contribution in [0.5, 0.6) is 0 Å². The van der Waals surface area contributed by atoms with E-state index in [4.69, 9.17) is 0 Å². The Morgan fingerprint density at radius 2 is 1.75 bits per heavy atom. The van der Waals surface area contributed by atoms with E-state index in [1.807, 2.05) is 24.3 Å². The third-order valence-corrected chi connectivity index (χ3v) is 5.33. The van der Waals surface area contributed by atoms with Crippen LogP contribution in [0.3, 0.4) is 0 Å². The molecule has 8 heteroatoms. The van der Waals surface area contributed by atoms with Crippen LogP contribution in [0.2, 0.25) is 0 Å². The molecule has 8 nitrogen and oxygen atoms in total. The smallest absolute Gasteiger partial charge is 0.318 e. The van der Waals surface area contributed by atoms with E-state index in [2.05, 4.69) is 15.6 Å². The highest BCUT2D eigenvalue weighted by Gasteiger charge is 2.29. The normalized spacial score (nSPS) is 18.0. The van der Waals surface area contributed by atoms with Crippen LogP contribution in [0.25, 0.3) is 10.9 Å². The molecule has 1 saturated heterocycles. The molecule has 3 N–H and O–H groups in total. The molecule has 0 radical (unpaired) electrons. The zero-order valence-electron chi connectivity index (χ0n) is 15.9. The summed E-state index contributed by atoms with van der Waals surface area (Å²) >= 11 is 0. The number of carbonyl (C=O) groups excluding carboxylic acids is 3. The van der Waals surface area contributed by atoms with Crippen LogP contribution in [0, 0.1) is 0 Å². The first-order chi connectivity index (χ1) is 13.5. The van der Waals surface area contributed by atoms with Gasteiger partial charge in [0.25, 0.3) is 5.91 Å². The molecule has 0 bridgehead atoms. The summed E-state index contributed by atoms with van der Waals surface area (Å²) in [7, 11) is 0. The highest BCUT2D eigenvalue weighted by Crippen LogP contribution is 2.20.